The minimum absolute atomic E-state index is 0.0179. The molecule has 8 heteroatoms. The Labute approximate surface area is 217 Å². The van der Waals surface area contributed by atoms with Gasteiger partial charge in [-0.25, -0.2) is 9.59 Å². The summed E-state index contributed by atoms with van der Waals surface area (Å²) >= 11 is 0. The van der Waals surface area contributed by atoms with E-state index in [9.17, 15) is 19.5 Å². The summed E-state index contributed by atoms with van der Waals surface area (Å²) in [6.45, 7) is 2.33. The number of likely N-dealkylation sites (tertiary alicyclic amines) is 2. The number of amides is 3. The summed E-state index contributed by atoms with van der Waals surface area (Å²) in [6, 6.07) is 7.58. The largest absolute Gasteiger partial charge is 0.450 e. The number of carbonyl (C=O) groups excluding carboxylic acids is 3. The molecule has 0 aromatic heterocycles. The zero-order chi connectivity index (χ0) is 25.4. The Bertz CT molecular complexity index is 1110. The number of aliphatic hydroxyl groups is 1. The third-order valence-electron chi connectivity index (χ3n) is 10.5. The van der Waals surface area contributed by atoms with Crippen LogP contribution in [-0.4, -0.2) is 71.1 Å². The molecule has 37 heavy (non-hydrogen) atoms. The van der Waals surface area contributed by atoms with Gasteiger partial charge in [-0.2, -0.15) is 0 Å². The molecule has 198 valence electrons. The van der Waals surface area contributed by atoms with Crippen molar-refractivity contribution in [3.05, 3.63) is 35.4 Å². The van der Waals surface area contributed by atoms with E-state index in [1.54, 1.807) is 0 Å². The quantitative estimate of drug-likeness (QED) is 0.600. The van der Waals surface area contributed by atoms with Crippen LogP contribution >= 0.6 is 0 Å². The van der Waals surface area contributed by atoms with Crippen LogP contribution < -0.4 is 5.32 Å². The maximum Gasteiger partial charge on any atom is 0.339 e. The highest BCUT2D eigenvalue weighted by Crippen LogP contribution is 2.60. The van der Waals surface area contributed by atoms with E-state index < -0.39 is 5.60 Å². The van der Waals surface area contributed by atoms with Crippen LogP contribution in [0.25, 0.3) is 0 Å². The summed E-state index contributed by atoms with van der Waals surface area (Å²) in [4.78, 5) is 43.2. The molecule has 4 saturated carbocycles. The van der Waals surface area contributed by atoms with Crippen molar-refractivity contribution in [2.45, 2.75) is 75.5 Å². The fourth-order valence-corrected chi connectivity index (χ4v) is 8.86. The highest BCUT2D eigenvalue weighted by atomic mass is 16.6. The maximum atomic E-state index is 13.6. The summed E-state index contributed by atoms with van der Waals surface area (Å²) in [5.74, 6) is 1.01. The normalized spacial score (nSPS) is 37.4. The van der Waals surface area contributed by atoms with Crippen molar-refractivity contribution in [3.63, 3.8) is 0 Å². The summed E-state index contributed by atoms with van der Waals surface area (Å²) in [7, 11) is 0. The summed E-state index contributed by atoms with van der Waals surface area (Å²) in [6.07, 6.45) is 7.46. The SMILES string of the molecule is O=C1OC2(CCN(C(=O)N3CCC[C@H](NC(=O)C45CC6CC(C4)C(O)C(C6)C5)C3)CC2)c2ccccc21. The number of hydrogen-bond acceptors (Lipinski definition) is 5. The third-order valence-corrected chi connectivity index (χ3v) is 10.5. The van der Waals surface area contributed by atoms with Crippen LogP contribution in [0.1, 0.15) is 73.7 Å². The molecule has 4 aliphatic carbocycles. The van der Waals surface area contributed by atoms with E-state index in [4.69, 9.17) is 4.74 Å². The lowest BCUT2D eigenvalue weighted by Crippen LogP contribution is -2.61. The van der Waals surface area contributed by atoms with Crippen LogP contribution in [0.2, 0.25) is 0 Å². The first-order valence-corrected chi connectivity index (χ1v) is 14.2. The molecule has 1 aromatic rings. The van der Waals surface area contributed by atoms with Crippen LogP contribution in [0.4, 0.5) is 4.79 Å². The Morgan fingerprint density at radius 1 is 1.00 bits per heavy atom. The molecule has 6 fully saturated rings. The molecule has 3 atom stereocenters. The van der Waals surface area contributed by atoms with Crippen molar-refractivity contribution >= 4 is 17.9 Å². The lowest BCUT2D eigenvalue weighted by atomic mass is 9.48. The number of rotatable bonds is 2. The lowest BCUT2D eigenvalue weighted by Gasteiger charge is -2.58. The molecule has 4 bridgehead atoms. The predicted molar refractivity (Wildman–Crippen MR) is 134 cm³/mol. The van der Waals surface area contributed by atoms with E-state index >= 15 is 0 Å². The van der Waals surface area contributed by atoms with E-state index in [2.05, 4.69) is 5.32 Å². The molecule has 3 aliphatic heterocycles. The summed E-state index contributed by atoms with van der Waals surface area (Å²) in [5.41, 5.74) is 0.655. The number of hydrogen-bond donors (Lipinski definition) is 2. The van der Waals surface area contributed by atoms with Crippen molar-refractivity contribution in [2.75, 3.05) is 26.2 Å². The zero-order valence-electron chi connectivity index (χ0n) is 21.4. The smallest absolute Gasteiger partial charge is 0.339 e. The monoisotopic (exact) mass is 507 g/mol. The molecule has 1 spiro atoms. The van der Waals surface area contributed by atoms with Crippen molar-refractivity contribution in [1.82, 2.24) is 15.1 Å². The van der Waals surface area contributed by atoms with Gasteiger partial charge in [0.15, 0.2) is 0 Å². The van der Waals surface area contributed by atoms with Gasteiger partial charge in [-0.05, 0) is 68.8 Å². The van der Waals surface area contributed by atoms with Crippen LogP contribution in [0.15, 0.2) is 24.3 Å². The maximum absolute atomic E-state index is 13.6. The second-order valence-corrected chi connectivity index (χ2v) is 12.7. The second kappa shape index (κ2) is 8.45. The fraction of sp³-hybridized carbons (Fsp3) is 0.690. The van der Waals surface area contributed by atoms with E-state index in [-0.39, 0.29) is 47.3 Å². The number of urea groups is 1. The number of nitrogens with one attached hydrogen (secondary N) is 1. The molecule has 0 radical (unpaired) electrons. The van der Waals surface area contributed by atoms with Crippen molar-refractivity contribution < 1.29 is 24.2 Å². The minimum atomic E-state index is -0.617. The predicted octanol–water partition coefficient (Wildman–Crippen LogP) is 3.04. The zero-order valence-corrected chi connectivity index (χ0v) is 21.4. The summed E-state index contributed by atoms with van der Waals surface area (Å²) < 4.78 is 5.85. The van der Waals surface area contributed by atoms with E-state index in [0.29, 0.717) is 50.5 Å². The molecule has 3 heterocycles. The van der Waals surface area contributed by atoms with Crippen LogP contribution in [0.5, 0.6) is 0 Å². The van der Waals surface area contributed by atoms with Crippen molar-refractivity contribution in [1.29, 1.82) is 0 Å². The molecule has 7 aliphatic rings. The Kier molecular flexibility index (Phi) is 5.37. The summed E-state index contributed by atoms with van der Waals surface area (Å²) in [5, 5.41) is 13.9. The van der Waals surface area contributed by atoms with Gasteiger partial charge >= 0.3 is 12.0 Å². The Morgan fingerprint density at radius 3 is 2.49 bits per heavy atom. The van der Waals surface area contributed by atoms with Crippen LogP contribution in [0, 0.1) is 23.2 Å². The van der Waals surface area contributed by atoms with Gasteiger partial charge in [0.05, 0.1) is 17.1 Å². The molecule has 3 amide bonds. The number of benzene rings is 1. The Morgan fingerprint density at radius 2 is 1.73 bits per heavy atom. The van der Waals surface area contributed by atoms with Gasteiger partial charge in [0.1, 0.15) is 5.60 Å². The number of aliphatic hydroxyl groups excluding tert-OH is 1. The van der Waals surface area contributed by atoms with Gasteiger partial charge in [-0.3, -0.25) is 4.79 Å². The van der Waals surface area contributed by atoms with Gasteiger partial charge in [-0.15, -0.1) is 0 Å². The van der Waals surface area contributed by atoms with Crippen LogP contribution in [-0.2, 0) is 15.1 Å². The molecular weight excluding hydrogens is 470 g/mol. The van der Waals surface area contributed by atoms with Crippen molar-refractivity contribution in [2.24, 2.45) is 23.2 Å². The molecule has 2 unspecified atom stereocenters. The van der Waals surface area contributed by atoms with Gasteiger partial charge in [0.25, 0.3) is 0 Å². The first kappa shape index (κ1) is 23.5. The first-order valence-electron chi connectivity index (χ1n) is 14.2. The third kappa shape index (κ3) is 3.69. The van der Waals surface area contributed by atoms with Gasteiger partial charge < -0.3 is 25.0 Å². The molecular formula is C29H37N3O5. The Hall–Kier alpha value is -2.61. The van der Waals surface area contributed by atoms with E-state index in [1.807, 2.05) is 34.1 Å². The minimum Gasteiger partial charge on any atom is -0.450 e. The topological polar surface area (TPSA) is 99.2 Å². The van der Waals surface area contributed by atoms with Gasteiger partial charge in [-0.1, -0.05) is 18.2 Å². The number of nitrogens with zero attached hydrogens (tertiary/aromatic N) is 2. The molecule has 2 N–H and O–H groups in total. The van der Waals surface area contributed by atoms with Gasteiger partial charge in [0, 0.05) is 50.6 Å². The number of ether oxygens (including phenoxy) is 1. The fourth-order valence-electron chi connectivity index (χ4n) is 8.86. The van der Waals surface area contributed by atoms with Crippen LogP contribution in [0.3, 0.4) is 0 Å². The highest BCUT2D eigenvalue weighted by molar-refractivity contribution is 5.94. The number of carbonyl (C=O) groups is 3. The number of piperidine rings is 2. The Balaban J connectivity index is 0.973. The van der Waals surface area contributed by atoms with Gasteiger partial charge in [0.2, 0.25) is 5.91 Å². The molecule has 2 saturated heterocycles. The molecule has 1 aromatic carbocycles. The molecule has 8 nitrogen and oxygen atoms in total. The molecule has 8 rings (SSSR count). The number of fused-ring (bicyclic) bond motifs is 2. The average Bonchev–Trinajstić information content (AvgIpc) is 3.18. The highest BCUT2D eigenvalue weighted by Gasteiger charge is 2.58. The number of esters is 1. The standard InChI is InChI=1S/C29H37N3O5/c33-24-19-12-18-13-20(24)16-28(14-18,15-19)26(35)30-21-4-3-9-32(17-21)27(36)31-10-7-29(8-11-31)23-6-2-1-5-22(23)25(34)37-29/h1-2,5-6,18-21,24,33H,3-4,7-17H2,(H,30,35)/t18?,19?,20?,21-,24?,28?/m0/s1. The van der Waals surface area contributed by atoms with E-state index in [1.165, 1.54) is 0 Å². The van der Waals surface area contributed by atoms with E-state index in [0.717, 1.165) is 50.5 Å². The average molecular weight is 508 g/mol. The first-order chi connectivity index (χ1) is 17.9. The lowest BCUT2D eigenvalue weighted by molar-refractivity contribution is -0.164. The van der Waals surface area contributed by atoms with Crippen molar-refractivity contribution in [3.8, 4) is 0 Å². The second-order valence-electron chi connectivity index (χ2n) is 12.7.